The first-order chi connectivity index (χ1) is 13.6. The van der Waals surface area contributed by atoms with E-state index in [0.717, 1.165) is 13.1 Å². The van der Waals surface area contributed by atoms with Crippen LogP contribution in [0.3, 0.4) is 0 Å². The number of para-hydroxylation sites is 1. The lowest BCUT2D eigenvalue weighted by atomic mass is 9.77. The van der Waals surface area contributed by atoms with Crippen molar-refractivity contribution in [2.45, 2.75) is 38.4 Å². The molecular weight excluding hydrogens is 393 g/mol. The molecule has 158 valence electrons. The molecule has 2 aromatic rings. The van der Waals surface area contributed by atoms with E-state index in [9.17, 15) is 27.6 Å². The number of nitrogens with one attached hydrogen (secondary N) is 2. The molecule has 0 fully saturated rings. The summed E-state index contributed by atoms with van der Waals surface area (Å²) in [4.78, 5) is 40.1. The summed E-state index contributed by atoms with van der Waals surface area (Å²) in [7, 11) is 0. The molecule has 0 aliphatic rings. The lowest BCUT2D eigenvalue weighted by Gasteiger charge is -2.37. The number of fused-ring (bicyclic) bond motifs is 1. The van der Waals surface area contributed by atoms with Crippen molar-refractivity contribution in [3.8, 4) is 0 Å². The Balaban J connectivity index is 2.87. The Kier molecular flexibility index (Phi) is 6.55. The minimum atomic E-state index is -5.12. The molecule has 0 bridgehead atoms. The molecule has 1 heterocycles. The van der Waals surface area contributed by atoms with Gasteiger partial charge in [-0.3, -0.25) is 4.79 Å². The fraction of sp³-hybridized carbons (Fsp3) is 0.421. The number of alkyl halides is 3. The molecule has 2 N–H and O–H groups in total. The molecule has 0 saturated carbocycles. The quantitative estimate of drug-likeness (QED) is 0.536. The van der Waals surface area contributed by atoms with Gasteiger partial charge in [0.1, 0.15) is 5.92 Å². The average Bonchev–Trinajstić information content (AvgIpc) is 3.03. The van der Waals surface area contributed by atoms with Crippen molar-refractivity contribution >= 4 is 28.7 Å². The summed E-state index contributed by atoms with van der Waals surface area (Å²) in [5.74, 6) is -6.89. The molecule has 1 aromatic heterocycles. The highest BCUT2D eigenvalue weighted by atomic mass is 19.4. The van der Waals surface area contributed by atoms with Crippen LogP contribution in [0.1, 0.15) is 32.3 Å². The smallest absolute Gasteiger partial charge is 0.399 e. The second-order valence-corrected chi connectivity index (χ2v) is 6.19. The zero-order chi connectivity index (χ0) is 21.8. The molecule has 0 saturated heterocycles. The van der Waals surface area contributed by atoms with E-state index in [0.29, 0.717) is 5.52 Å². The number of benzene rings is 1. The van der Waals surface area contributed by atoms with Gasteiger partial charge < -0.3 is 19.8 Å². The minimum absolute atomic E-state index is 0.137. The Morgan fingerprint density at radius 2 is 1.62 bits per heavy atom. The number of amides is 1. The molecule has 0 spiro atoms. The van der Waals surface area contributed by atoms with Crippen molar-refractivity contribution in [2.75, 3.05) is 13.2 Å². The average molecular weight is 414 g/mol. The van der Waals surface area contributed by atoms with Gasteiger partial charge in [-0.2, -0.15) is 13.2 Å². The predicted molar refractivity (Wildman–Crippen MR) is 96.9 cm³/mol. The number of aromatic nitrogens is 1. The fourth-order valence-electron chi connectivity index (χ4n) is 3.25. The standard InChI is InChI=1S/C19H21F3N2O5/c1-4-28-16(26)18(24-11(3)25,17(27)29-5-2)15(19(20,21)22)13-10-23-14-9-7-6-8-12(13)14/h6-10,15,23H,4-5H2,1-3H3,(H,24,25). The van der Waals surface area contributed by atoms with Crippen LogP contribution < -0.4 is 5.32 Å². The van der Waals surface area contributed by atoms with E-state index >= 15 is 0 Å². The SMILES string of the molecule is CCOC(=O)C(NC(C)=O)(C(=O)OCC)C(c1c[nH]c2ccccc12)C(F)(F)F. The Morgan fingerprint density at radius 3 is 2.10 bits per heavy atom. The summed E-state index contributed by atoms with van der Waals surface area (Å²) >= 11 is 0. The van der Waals surface area contributed by atoms with Gasteiger partial charge in [0.05, 0.1) is 13.2 Å². The van der Waals surface area contributed by atoms with Gasteiger partial charge in [-0.05, 0) is 25.5 Å². The third kappa shape index (κ3) is 4.20. The Hall–Kier alpha value is -3.04. The summed E-state index contributed by atoms with van der Waals surface area (Å²) < 4.78 is 52.7. The Labute approximate surface area is 164 Å². The molecule has 0 radical (unpaired) electrons. The number of hydrogen-bond donors (Lipinski definition) is 2. The molecule has 1 aromatic carbocycles. The maximum absolute atomic E-state index is 14.4. The van der Waals surface area contributed by atoms with Crippen LogP contribution in [0.2, 0.25) is 0 Å². The Morgan fingerprint density at radius 1 is 1.07 bits per heavy atom. The molecule has 0 aliphatic heterocycles. The summed E-state index contributed by atoms with van der Waals surface area (Å²) in [6, 6.07) is 6.08. The van der Waals surface area contributed by atoms with Gasteiger partial charge >= 0.3 is 18.1 Å². The Bertz CT molecular complexity index is 889. The van der Waals surface area contributed by atoms with Crippen LogP contribution in [0.15, 0.2) is 30.5 Å². The largest absolute Gasteiger partial charge is 0.464 e. The third-order valence-corrected chi connectivity index (χ3v) is 4.26. The van der Waals surface area contributed by atoms with Gasteiger partial charge in [0.25, 0.3) is 5.54 Å². The van der Waals surface area contributed by atoms with Crippen molar-refractivity contribution in [1.29, 1.82) is 0 Å². The summed E-state index contributed by atoms with van der Waals surface area (Å²) in [6.07, 6.45) is -4.06. The normalized spacial score (nSPS) is 13.0. The first-order valence-electron chi connectivity index (χ1n) is 8.85. The monoisotopic (exact) mass is 414 g/mol. The highest BCUT2D eigenvalue weighted by Crippen LogP contribution is 2.46. The van der Waals surface area contributed by atoms with Crippen molar-refractivity contribution in [3.05, 3.63) is 36.0 Å². The first kappa shape index (κ1) is 22.3. The third-order valence-electron chi connectivity index (χ3n) is 4.26. The van der Waals surface area contributed by atoms with Crippen LogP contribution >= 0.6 is 0 Å². The lowest BCUT2D eigenvalue weighted by molar-refractivity contribution is -0.197. The molecule has 10 heteroatoms. The number of aromatic amines is 1. The number of H-pyrrole nitrogens is 1. The van der Waals surface area contributed by atoms with Crippen LogP contribution in [-0.4, -0.2) is 47.8 Å². The van der Waals surface area contributed by atoms with Crippen LogP contribution in [0, 0.1) is 0 Å². The van der Waals surface area contributed by atoms with Crippen molar-refractivity contribution in [1.82, 2.24) is 10.3 Å². The van der Waals surface area contributed by atoms with Crippen LogP contribution in [-0.2, 0) is 23.9 Å². The van der Waals surface area contributed by atoms with Gasteiger partial charge in [-0.25, -0.2) is 9.59 Å². The maximum Gasteiger partial charge on any atom is 0.399 e. The number of hydrogen-bond acceptors (Lipinski definition) is 5. The first-order valence-corrected chi connectivity index (χ1v) is 8.85. The van der Waals surface area contributed by atoms with E-state index in [1.807, 2.05) is 5.32 Å². The molecule has 1 amide bonds. The van der Waals surface area contributed by atoms with E-state index < -0.39 is 41.0 Å². The number of rotatable bonds is 7. The van der Waals surface area contributed by atoms with E-state index in [2.05, 4.69) is 4.98 Å². The summed E-state index contributed by atoms with van der Waals surface area (Å²) in [5, 5.41) is 2.04. The number of ether oxygens (including phenoxy) is 2. The molecular formula is C19H21F3N2O5. The molecule has 2 rings (SSSR count). The van der Waals surface area contributed by atoms with Gasteiger partial charge in [0.15, 0.2) is 0 Å². The van der Waals surface area contributed by atoms with Gasteiger partial charge in [0.2, 0.25) is 5.91 Å². The summed E-state index contributed by atoms with van der Waals surface area (Å²) in [5.41, 5.74) is -3.19. The minimum Gasteiger partial charge on any atom is -0.464 e. The second kappa shape index (κ2) is 8.54. The van der Waals surface area contributed by atoms with Crippen molar-refractivity contribution in [2.24, 2.45) is 0 Å². The molecule has 7 nitrogen and oxygen atoms in total. The van der Waals surface area contributed by atoms with Crippen molar-refractivity contribution < 1.29 is 37.0 Å². The summed E-state index contributed by atoms with van der Waals surface area (Å²) in [6.45, 7) is 3.03. The van der Waals surface area contributed by atoms with Gasteiger partial charge in [-0.15, -0.1) is 0 Å². The maximum atomic E-state index is 14.4. The molecule has 1 atom stereocenters. The van der Waals surface area contributed by atoms with E-state index in [1.54, 1.807) is 12.1 Å². The van der Waals surface area contributed by atoms with Crippen LogP contribution in [0.4, 0.5) is 13.2 Å². The molecule has 0 aliphatic carbocycles. The zero-order valence-corrected chi connectivity index (χ0v) is 16.1. The van der Waals surface area contributed by atoms with Crippen LogP contribution in [0.5, 0.6) is 0 Å². The fourth-order valence-corrected chi connectivity index (χ4v) is 3.25. The zero-order valence-electron chi connectivity index (χ0n) is 16.1. The number of carbonyl (C=O) groups excluding carboxylic acids is 3. The number of carbonyl (C=O) groups is 3. The molecule has 1 unspecified atom stereocenters. The molecule has 29 heavy (non-hydrogen) atoms. The number of esters is 2. The topological polar surface area (TPSA) is 97.5 Å². The second-order valence-electron chi connectivity index (χ2n) is 6.19. The van der Waals surface area contributed by atoms with E-state index in [1.165, 1.54) is 26.0 Å². The van der Waals surface area contributed by atoms with E-state index in [4.69, 9.17) is 9.47 Å². The highest BCUT2D eigenvalue weighted by molar-refractivity contribution is 6.09. The predicted octanol–water partition coefficient (Wildman–Crippen LogP) is 2.81. The van der Waals surface area contributed by atoms with E-state index in [-0.39, 0.29) is 18.6 Å². The van der Waals surface area contributed by atoms with Crippen LogP contribution in [0.25, 0.3) is 10.9 Å². The van der Waals surface area contributed by atoms with Crippen molar-refractivity contribution in [3.63, 3.8) is 0 Å². The van der Waals surface area contributed by atoms with Gasteiger partial charge in [0, 0.05) is 24.0 Å². The number of halogens is 3. The lowest BCUT2D eigenvalue weighted by Crippen LogP contribution is -2.67. The highest BCUT2D eigenvalue weighted by Gasteiger charge is 2.66. The van der Waals surface area contributed by atoms with Gasteiger partial charge in [-0.1, -0.05) is 18.2 Å².